The van der Waals surface area contributed by atoms with Crippen molar-refractivity contribution in [2.45, 2.75) is 9.79 Å². The number of hydrogen-bond donors (Lipinski definition) is 1. The molecule has 0 atom stereocenters. The fourth-order valence-corrected chi connectivity index (χ4v) is 1.52. The van der Waals surface area contributed by atoms with Crippen molar-refractivity contribution in [1.29, 1.82) is 0 Å². The van der Waals surface area contributed by atoms with Gasteiger partial charge in [0.1, 0.15) is 0 Å². The summed E-state index contributed by atoms with van der Waals surface area (Å²) in [6.45, 7) is 0. The summed E-state index contributed by atoms with van der Waals surface area (Å²) in [7, 11) is -2.42. The maximum absolute atomic E-state index is 11.1. The van der Waals surface area contributed by atoms with Crippen molar-refractivity contribution < 1.29 is 12.6 Å². The van der Waals surface area contributed by atoms with E-state index in [2.05, 4.69) is 16.8 Å². The van der Waals surface area contributed by atoms with E-state index in [4.69, 9.17) is 0 Å². The van der Waals surface area contributed by atoms with Crippen molar-refractivity contribution in [3.05, 3.63) is 24.3 Å². The largest absolute Gasteiger partial charge is 0.296 e. The lowest BCUT2D eigenvalue weighted by molar-refractivity contribution is 0.397. The summed E-state index contributed by atoms with van der Waals surface area (Å²) in [5.74, 6) is 0. The molecular formula is C7H8O3S2. The molecule has 0 fully saturated rings. The van der Waals surface area contributed by atoms with E-state index in [-0.39, 0.29) is 4.90 Å². The summed E-state index contributed by atoms with van der Waals surface area (Å²) in [4.78, 5) is 0.854. The Bertz CT molecular complexity index is 353. The lowest BCUT2D eigenvalue weighted by Gasteiger charge is -1.99. The van der Waals surface area contributed by atoms with Gasteiger partial charge in [-0.25, -0.2) is 0 Å². The summed E-state index contributed by atoms with van der Waals surface area (Å²) in [6, 6.07) is 6.08. The van der Waals surface area contributed by atoms with Crippen molar-refractivity contribution in [1.82, 2.24) is 0 Å². The van der Waals surface area contributed by atoms with Crippen LogP contribution in [-0.4, -0.2) is 15.5 Å². The fraction of sp³-hybridized carbons (Fsp3) is 0.143. The first-order valence-corrected chi connectivity index (χ1v) is 5.01. The summed E-state index contributed by atoms with van der Waals surface area (Å²) >= 11 is 4.02. The van der Waals surface area contributed by atoms with Crippen molar-refractivity contribution >= 4 is 22.7 Å². The third kappa shape index (κ3) is 2.00. The number of rotatable bonds is 2. The molecule has 1 rings (SSSR count). The lowest BCUT2D eigenvalue weighted by atomic mass is 10.4. The van der Waals surface area contributed by atoms with Crippen molar-refractivity contribution in [3.63, 3.8) is 0 Å². The topological polar surface area (TPSA) is 43.4 Å². The Hall–Kier alpha value is -0.520. The fourth-order valence-electron chi connectivity index (χ4n) is 0.709. The molecule has 0 saturated carbocycles. The first-order chi connectivity index (χ1) is 5.56. The maximum Gasteiger partial charge on any atom is 0.296 e. The van der Waals surface area contributed by atoms with Gasteiger partial charge in [0.05, 0.1) is 12.0 Å². The normalized spacial score (nSPS) is 11.5. The Labute approximate surface area is 76.9 Å². The van der Waals surface area contributed by atoms with Crippen LogP contribution in [0.2, 0.25) is 0 Å². The van der Waals surface area contributed by atoms with Crippen molar-refractivity contribution in [3.8, 4) is 0 Å². The minimum Gasteiger partial charge on any atom is -0.270 e. The Morgan fingerprint density at radius 1 is 1.25 bits per heavy atom. The molecule has 66 valence electrons. The Balaban J connectivity index is 3.14. The van der Waals surface area contributed by atoms with Crippen LogP contribution in [0.15, 0.2) is 34.1 Å². The van der Waals surface area contributed by atoms with Gasteiger partial charge in [0.25, 0.3) is 10.1 Å². The number of hydrogen-bond acceptors (Lipinski definition) is 4. The van der Waals surface area contributed by atoms with Crippen LogP contribution in [0, 0.1) is 0 Å². The highest BCUT2D eigenvalue weighted by Crippen LogP contribution is 2.13. The SMILES string of the molecule is COS(=O)(=O)c1ccc(S)cc1. The summed E-state index contributed by atoms with van der Waals surface area (Å²) in [5, 5.41) is 0. The highest BCUT2D eigenvalue weighted by Gasteiger charge is 2.11. The average molecular weight is 204 g/mol. The van der Waals surface area contributed by atoms with Gasteiger partial charge < -0.3 is 0 Å². The van der Waals surface area contributed by atoms with Gasteiger partial charge in [0.15, 0.2) is 0 Å². The summed E-state index contributed by atoms with van der Waals surface area (Å²) < 4.78 is 26.4. The average Bonchev–Trinajstić information content (AvgIpc) is 2.05. The molecule has 1 aromatic rings. The van der Waals surface area contributed by atoms with Gasteiger partial charge in [-0.2, -0.15) is 8.42 Å². The third-order valence-electron chi connectivity index (χ3n) is 1.34. The molecule has 0 bridgehead atoms. The van der Waals surface area contributed by atoms with E-state index in [0.29, 0.717) is 4.90 Å². The van der Waals surface area contributed by atoms with Gasteiger partial charge in [-0.1, -0.05) is 0 Å². The highest BCUT2D eigenvalue weighted by atomic mass is 32.2. The quantitative estimate of drug-likeness (QED) is 0.583. The van der Waals surface area contributed by atoms with Crippen LogP contribution in [0.1, 0.15) is 0 Å². The molecule has 0 saturated heterocycles. The third-order valence-corrected chi connectivity index (χ3v) is 2.93. The Morgan fingerprint density at radius 3 is 2.17 bits per heavy atom. The van der Waals surface area contributed by atoms with Crippen LogP contribution < -0.4 is 0 Å². The monoisotopic (exact) mass is 204 g/mol. The zero-order chi connectivity index (χ0) is 9.19. The van der Waals surface area contributed by atoms with Gasteiger partial charge >= 0.3 is 0 Å². The standard InChI is InChI=1S/C7H8O3S2/c1-10-12(8,9)7-4-2-6(11)3-5-7/h2-5,11H,1H3. The smallest absolute Gasteiger partial charge is 0.270 e. The van der Waals surface area contributed by atoms with E-state index in [1.807, 2.05) is 0 Å². The van der Waals surface area contributed by atoms with E-state index < -0.39 is 10.1 Å². The first kappa shape index (κ1) is 9.57. The van der Waals surface area contributed by atoms with E-state index in [1.54, 1.807) is 12.1 Å². The molecule has 0 aliphatic heterocycles. The van der Waals surface area contributed by atoms with Crippen LogP contribution >= 0.6 is 12.6 Å². The molecule has 1 aromatic carbocycles. The molecule has 0 N–H and O–H groups in total. The zero-order valence-corrected chi connectivity index (χ0v) is 8.10. The number of benzene rings is 1. The minimum absolute atomic E-state index is 0.141. The Morgan fingerprint density at radius 2 is 1.75 bits per heavy atom. The van der Waals surface area contributed by atoms with Crippen molar-refractivity contribution in [2.75, 3.05) is 7.11 Å². The molecule has 5 heteroatoms. The zero-order valence-electron chi connectivity index (χ0n) is 6.39. The van der Waals surface area contributed by atoms with Gasteiger partial charge in [-0.05, 0) is 24.3 Å². The lowest BCUT2D eigenvalue weighted by Crippen LogP contribution is -2.01. The molecule has 12 heavy (non-hydrogen) atoms. The molecule has 0 aliphatic carbocycles. The molecule has 0 heterocycles. The predicted molar refractivity (Wildman–Crippen MR) is 47.9 cm³/mol. The molecular weight excluding hydrogens is 196 g/mol. The maximum atomic E-state index is 11.1. The van der Waals surface area contributed by atoms with E-state index >= 15 is 0 Å². The summed E-state index contributed by atoms with van der Waals surface area (Å²) in [5.41, 5.74) is 0. The molecule has 0 spiro atoms. The minimum atomic E-state index is -3.55. The van der Waals surface area contributed by atoms with Gasteiger partial charge in [-0.3, -0.25) is 4.18 Å². The molecule has 3 nitrogen and oxygen atoms in total. The first-order valence-electron chi connectivity index (χ1n) is 3.16. The summed E-state index contributed by atoms with van der Waals surface area (Å²) in [6.07, 6.45) is 0. The molecule has 0 amide bonds. The van der Waals surface area contributed by atoms with Gasteiger partial charge in [-0.15, -0.1) is 12.6 Å². The predicted octanol–water partition coefficient (Wildman–Crippen LogP) is 1.31. The van der Waals surface area contributed by atoms with Crippen LogP contribution in [0.25, 0.3) is 0 Å². The van der Waals surface area contributed by atoms with Crippen LogP contribution in [-0.2, 0) is 14.3 Å². The van der Waals surface area contributed by atoms with Gasteiger partial charge in [0.2, 0.25) is 0 Å². The van der Waals surface area contributed by atoms with Crippen LogP contribution in [0.4, 0.5) is 0 Å². The molecule has 0 unspecified atom stereocenters. The van der Waals surface area contributed by atoms with E-state index in [1.165, 1.54) is 12.1 Å². The molecule has 0 aromatic heterocycles. The van der Waals surface area contributed by atoms with Crippen molar-refractivity contribution in [2.24, 2.45) is 0 Å². The van der Waals surface area contributed by atoms with Gasteiger partial charge in [0, 0.05) is 4.90 Å². The van der Waals surface area contributed by atoms with E-state index in [0.717, 1.165) is 7.11 Å². The second kappa shape index (κ2) is 3.47. The number of thiol groups is 1. The van der Waals surface area contributed by atoms with E-state index in [9.17, 15) is 8.42 Å². The van der Waals surface area contributed by atoms with Crippen LogP contribution in [0.3, 0.4) is 0 Å². The second-order valence-corrected chi connectivity index (χ2v) is 4.34. The van der Waals surface area contributed by atoms with Crippen LogP contribution in [0.5, 0.6) is 0 Å². The molecule has 0 radical (unpaired) electrons. The highest BCUT2D eigenvalue weighted by molar-refractivity contribution is 7.86. The molecule has 0 aliphatic rings. The Kier molecular flexibility index (Phi) is 2.76. The second-order valence-electron chi connectivity index (χ2n) is 2.11.